The van der Waals surface area contributed by atoms with E-state index in [1.54, 1.807) is 2.89 Å². The number of hydrogen-bond donors (Lipinski definition) is 0. The van der Waals surface area contributed by atoms with Crippen LogP contribution >= 0.6 is 11.3 Å². The molecule has 0 radical (unpaired) electrons. The molecule has 50 valence electrons. The molecule has 0 bridgehead atoms. The summed E-state index contributed by atoms with van der Waals surface area (Å²) in [6.45, 7) is 0. The van der Waals surface area contributed by atoms with E-state index in [-0.39, 0.29) is 0 Å². The van der Waals surface area contributed by atoms with Crippen LogP contribution in [0.1, 0.15) is 0 Å². The number of nitrogens with zero attached hydrogens (tertiary/aromatic N) is 1. The van der Waals surface area contributed by atoms with Crippen LogP contribution in [0, 0.1) is 0 Å². The van der Waals surface area contributed by atoms with Crippen LogP contribution in [-0.4, -0.2) is 23.4 Å². The van der Waals surface area contributed by atoms with E-state index in [1.165, 1.54) is 0 Å². The number of hydrogen-bond acceptors (Lipinski definition) is 2. The van der Waals surface area contributed by atoms with Gasteiger partial charge < -0.3 is 0 Å². The summed E-state index contributed by atoms with van der Waals surface area (Å²) < 4.78 is 1.56. The molecule has 0 atom stereocenters. The zero-order valence-corrected chi connectivity index (χ0v) is 9.68. The van der Waals surface area contributed by atoms with Crippen molar-refractivity contribution in [1.29, 1.82) is 0 Å². The van der Waals surface area contributed by atoms with Gasteiger partial charge in [-0.25, -0.2) is 0 Å². The fraction of sp³-hybridized carbons (Fsp3) is 0.500. The molecule has 0 aromatic carbocycles. The van der Waals surface area contributed by atoms with E-state index in [0.717, 1.165) is 0 Å². The monoisotopic (exact) mass is 249 g/mol. The van der Waals surface area contributed by atoms with Crippen LogP contribution in [0.5, 0.6) is 0 Å². The summed E-state index contributed by atoms with van der Waals surface area (Å²) >= 11 is 0.119. The van der Waals surface area contributed by atoms with Gasteiger partial charge in [0.2, 0.25) is 0 Å². The molecular formula is C6H11NSSn. The third-order valence-electron chi connectivity index (χ3n) is 1.17. The summed E-state index contributed by atoms with van der Waals surface area (Å²) in [6.07, 6.45) is 2.03. The summed E-state index contributed by atoms with van der Waals surface area (Å²) in [4.78, 5) is 11.3. The molecule has 1 aromatic heterocycles. The number of rotatable bonds is 1. The average molecular weight is 248 g/mol. The van der Waals surface area contributed by atoms with Crippen molar-refractivity contribution < 1.29 is 0 Å². The summed E-state index contributed by atoms with van der Waals surface area (Å²) in [5, 5.41) is 0. The Morgan fingerprint density at radius 2 is 2.11 bits per heavy atom. The first kappa shape index (κ1) is 7.53. The minimum atomic E-state index is -1.69. The van der Waals surface area contributed by atoms with E-state index in [9.17, 15) is 0 Å². The molecule has 0 unspecified atom stereocenters. The average Bonchev–Trinajstić information content (AvgIpc) is 2.08. The quantitative estimate of drug-likeness (QED) is 0.689. The molecule has 1 rings (SSSR count). The van der Waals surface area contributed by atoms with E-state index >= 15 is 0 Å². The van der Waals surface area contributed by atoms with Crippen LogP contribution in [-0.2, 0) is 0 Å². The maximum absolute atomic E-state index is 4.06. The second-order valence-electron chi connectivity index (χ2n) is 3.12. The molecule has 0 saturated heterocycles. The zero-order chi connectivity index (χ0) is 6.91. The van der Waals surface area contributed by atoms with Crippen molar-refractivity contribution >= 4 is 32.6 Å². The van der Waals surface area contributed by atoms with Crippen LogP contribution in [0.3, 0.4) is 0 Å². The predicted octanol–water partition coefficient (Wildman–Crippen LogP) is 1.69. The Bertz CT molecular complexity index is 175. The van der Waals surface area contributed by atoms with Crippen LogP contribution in [0.15, 0.2) is 11.7 Å². The molecule has 3 heteroatoms. The fourth-order valence-corrected chi connectivity index (χ4v) is 6.09. The minimum absolute atomic E-state index is 1.56. The standard InChI is InChI=1S/C3H2NS.3CH3.Sn/c1-2-5-3-4-1;;;;/h1,3H;3*1H3;. The van der Waals surface area contributed by atoms with Crippen LogP contribution in [0.4, 0.5) is 0 Å². The molecule has 1 nitrogen and oxygen atoms in total. The van der Waals surface area contributed by atoms with Gasteiger partial charge in [-0.3, -0.25) is 0 Å². The van der Waals surface area contributed by atoms with Crippen LogP contribution in [0.2, 0.25) is 14.8 Å². The molecule has 0 spiro atoms. The molecule has 1 heterocycles. The first-order chi connectivity index (χ1) is 4.11. The molecule has 1 aromatic rings. The van der Waals surface area contributed by atoms with Crippen molar-refractivity contribution in [3.05, 3.63) is 11.7 Å². The molecule has 0 amide bonds. The van der Waals surface area contributed by atoms with Gasteiger partial charge in [-0.1, -0.05) is 0 Å². The van der Waals surface area contributed by atoms with Crippen molar-refractivity contribution in [3.8, 4) is 0 Å². The third-order valence-corrected chi connectivity index (χ3v) is 11.5. The van der Waals surface area contributed by atoms with Gasteiger partial charge in [-0.2, -0.15) is 0 Å². The van der Waals surface area contributed by atoms with Crippen molar-refractivity contribution in [2.24, 2.45) is 0 Å². The molecule has 0 aliphatic heterocycles. The molecule has 0 saturated carbocycles. The summed E-state index contributed by atoms with van der Waals surface area (Å²) in [6, 6.07) is 0. The first-order valence-corrected chi connectivity index (χ1v) is 13.9. The molecule has 9 heavy (non-hydrogen) atoms. The normalized spacial score (nSPS) is 11.9. The van der Waals surface area contributed by atoms with Gasteiger partial charge in [0.15, 0.2) is 0 Å². The number of aromatic nitrogens is 1. The first-order valence-electron chi connectivity index (χ1n) is 2.99. The van der Waals surface area contributed by atoms with Gasteiger partial charge in [0.05, 0.1) is 0 Å². The van der Waals surface area contributed by atoms with Gasteiger partial charge >= 0.3 is 64.1 Å². The Hall–Kier alpha value is 0.429. The molecule has 0 aliphatic rings. The molecular weight excluding hydrogens is 237 g/mol. The van der Waals surface area contributed by atoms with Crippen LogP contribution in [0.25, 0.3) is 0 Å². The summed E-state index contributed by atoms with van der Waals surface area (Å²) in [5.41, 5.74) is 1.93. The Morgan fingerprint density at radius 3 is 2.33 bits per heavy atom. The Labute approximate surface area is 64.0 Å². The number of thiazole rings is 1. The van der Waals surface area contributed by atoms with Gasteiger partial charge in [-0.15, -0.1) is 0 Å². The van der Waals surface area contributed by atoms with E-state index in [1.807, 2.05) is 23.0 Å². The Balaban J connectivity index is 2.90. The SMILES string of the molecule is [CH3][Sn]([CH3])([CH3])[c]1cncs1. The van der Waals surface area contributed by atoms with E-state index in [4.69, 9.17) is 0 Å². The zero-order valence-electron chi connectivity index (χ0n) is 6.01. The second-order valence-corrected chi connectivity index (χ2v) is 19.4. The predicted molar refractivity (Wildman–Crippen MR) is 45.1 cm³/mol. The van der Waals surface area contributed by atoms with Crippen molar-refractivity contribution in [3.63, 3.8) is 0 Å². The van der Waals surface area contributed by atoms with E-state index in [0.29, 0.717) is 0 Å². The second kappa shape index (κ2) is 2.58. The van der Waals surface area contributed by atoms with Crippen molar-refractivity contribution in [2.45, 2.75) is 14.8 Å². The van der Waals surface area contributed by atoms with Crippen molar-refractivity contribution in [1.82, 2.24) is 4.98 Å². The third kappa shape index (κ3) is 1.93. The van der Waals surface area contributed by atoms with Crippen molar-refractivity contribution in [2.75, 3.05) is 0 Å². The van der Waals surface area contributed by atoms with Gasteiger partial charge in [0.1, 0.15) is 0 Å². The Kier molecular flexibility index (Phi) is 2.16. The topological polar surface area (TPSA) is 12.9 Å². The maximum atomic E-state index is 4.06. The molecule has 0 N–H and O–H groups in total. The Morgan fingerprint density at radius 1 is 1.44 bits per heavy atom. The van der Waals surface area contributed by atoms with Gasteiger partial charge in [0, 0.05) is 0 Å². The van der Waals surface area contributed by atoms with Crippen LogP contribution < -0.4 is 2.89 Å². The van der Waals surface area contributed by atoms with Gasteiger partial charge in [0.25, 0.3) is 0 Å². The van der Waals surface area contributed by atoms with Gasteiger partial charge in [-0.05, 0) is 0 Å². The molecule has 0 aliphatic carbocycles. The van der Waals surface area contributed by atoms with E-state index in [2.05, 4.69) is 19.8 Å². The fourth-order valence-electron chi connectivity index (χ4n) is 0.586. The molecule has 0 fully saturated rings. The van der Waals surface area contributed by atoms with E-state index < -0.39 is 18.4 Å². The summed E-state index contributed by atoms with van der Waals surface area (Å²) in [5.74, 6) is 0. The summed E-state index contributed by atoms with van der Waals surface area (Å²) in [7, 11) is 0.